The summed E-state index contributed by atoms with van der Waals surface area (Å²) in [6.45, 7) is 0. The molecule has 0 radical (unpaired) electrons. The van der Waals surface area contributed by atoms with E-state index < -0.39 is 5.97 Å². The second-order valence-corrected chi connectivity index (χ2v) is 6.09. The van der Waals surface area contributed by atoms with E-state index in [1.165, 1.54) is 0 Å². The highest BCUT2D eigenvalue weighted by Gasteiger charge is 2.27. The first-order valence-corrected chi connectivity index (χ1v) is 7.69. The van der Waals surface area contributed by atoms with Crippen LogP contribution in [0.2, 0.25) is 0 Å². The molecule has 23 heavy (non-hydrogen) atoms. The molecule has 8 heteroatoms. The maximum atomic E-state index is 11.3. The molecule has 1 aliphatic heterocycles. The molecule has 3 heterocycles. The maximum Gasteiger partial charge on any atom is 0.352 e. The van der Waals surface area contributed by atoms with Crippen LogP contribution in [0.25, 0.3) is 10.4 Å². The lowest BCUT2D eigenvalue weighted by Gasteiger charge is -2.20. The standard InChI is InChI=1S/C15H11N5O2S/c21-14(22)10-8-11(20-15(16-10)17-18-19-20)13-7-6-12(23-13)9-4-2-1-3-5-9/h1-8,11H,(H,21,22)(H,16,17,19). The zero-order chi connectivity index (χ0) is 15.8. The second-order valence-electron chi connectivity index (χ2n) is 4.97. The van der Waals surface area contributed by atoms with Crippen molar-refractivity contribution in [1.29, 1.82) is 0 Å². The predicted octanol–water partition coefficient (Wildman–Crippen LogP) is 2.38. The molecule has 0 amide bonds. The highest BCUT2D eigenvalue weighted by molar-refractivity contribution is 7.15. The van der Waals surface area contributed by atoms with Crippen LogP contribution >= 0.6 is 11.3 Å². The number of anilines is 1. The topological polar surface area (TPSA) is 92.9 Å². The number of thiophene rings is 1. The molecule has 0 saturated heterocycles. The number of aliphatic carboxylic acids is 1. The molecule has 7 nitrogen and oxygen atoms in total. The number of hydrogen-bond donors (Lipinski definition) is 2. The lowest BCUT2D eigenvalue weighted by molar-refractivity contribution is -0.132. The molecule has 2 N–H and O–H groups in total. The highest BCUT2D eigenvalue weighted by Crippen LogP contribution is 2.36. The van der Waals surface area contributed by atoms with Crippen molar-refractivity contribution in [3.8, 4) is 10.4 Å². The molecule has 0 aliphatic carbocycles. The SMILES string of the molecule is O=C(O)C1=CC(c2ccc(-c3ccccc3)s2)n2nnnc2N1. The van der Waals surface area contributed by atoms with Crippen LogP contribution < -0.4 is 5.32 Å². The first-order valence-electron chi connectivity index (χ1n) is 6.87. The van der Waals surface area contributed by atoms with Gasteiger partial charge in [0.05, 0.1) is 0 Å². The molecular weight excluding hydrogens is 314 g/mol. The number of nitrogens with zero attached hydrogens (tertiary/aromatic N) is 4. The van der Waals surface area contributed by atoms with Crippen molar-refractivity contribution >= 4 is 23.3 Å². The summed E-state index contributed by atoms with van der Waals surface area (Å²) >= 11 is 1.59. The van der Waals surface area contributed by atoms with Crippen molar-refractivity contribution in [2.24, 2.45) is 0 Å². The number of allylic oxidation sites excluding steroid dienone is 1. The van der Waals surface area contributed by atoms with E-state index in [0.29, 0.717) is 5.95 Å². The first-order chi connectivity index (χ1) is 11.2. The van der Waals surface area contributed by atoms with Crippen LogP contribution in [0, 0.1) is 0 Å². The van der Waals surface area contributed by atoms with Crippen LogP contribution in [-0.4, -0.2) is 31.3 Å². The summed E-state index contributed by atoms with van der Waals surface area (Å²) < 4.78 is 1.58. The van der Waals surface area contributed by atoms with Crippen LogP contribution in [0.1, 0.15) is 10.9 Å². The molecule has 4 rings (SSSR count). The Morgan fingerprint density at radius 1 is 1.22 bits per heavy atom. The van der Waals surface area contributed by atoms with Gasteiger partial charge in [-0.05, 0) is 34.2 Å². The fourth-order valence-electron chi connectivity index (χ4n) is 2.45. The molecule has 0 bridgehead atoms. The summed E-state index contributed by atoms with van der Waals surface area (Å²) in [4.78, 5) is 13.4. The Balaban J connectivity index is 1.76. The van der Waals surface area contributed by atoms with Gasteiger partial charge in [0.25, 0.3) is 0 Å². The molecule has 0 fully saturated rings. The second kappa shape index (κ2) is 5.33. The van der Waals surface area contributed by atoms with Crippen LogP contribution in [0.5, 0.6) is 0 Å². The molecule has 0 saturated carbocycles. The van der Waals surface area contributed by atoms with Crippen LogP contribution in [0.4, 0.5) is 5.95 Å². The van der Waals surface area contributed by atoms with Crippen molar-refractivity contribution in [2.75, 3.05) is 5.32 Å². The van der Waals surface area contributed by atoms with Gasteiger partial charge in [-0.2, -0.15) is 4.68 Å². The molecule has 114 valence electrons. The van der Waals surface area contributed by atoms with Gasteiger partial charge in [-0.3, -0.25) is 0 Å². The van der Waals surface area contributed by atoms with Crippen LogP contribution in [0.3, 0.4) is 0 Å². The van der Waals surface area contributed by atoms with Crippen molar-refractivity contribution < 1.29 is 9.90 Å². The summed E-state index contributed by atoms with van der Waals surface area (Å²) in [6, 6.07) is 13.7. The lowest BCUT2D eigenvalue weighted by atomic mass is 10.1. The van der Waals surface area contributed by atoms with E-state index in [1.54, 1.807) is 22.1 Å². The number of rotatable bonds is 3. The number of hydrogen-bond acceptors (Lipinski definition) is 6. The molecule has 2 aromatic heterocycles. The number of carboxylic acids is 1. The number of tetrazole rings is 1. The Hall–Kier alpha value is -3.00. The number of benzene rings is 1. The van der Waals surface area contributed by atoms with Gasteiger partial charge in [0, 0.05) is 9.75 Å². The fourth-order valence-corrected chi connectivity index (χ4v) is 3.52. The Morgan fingerprint density at radius 2 is 2.04 bits per heavy atom. The zero-order valence-electron chi connectivity index (χ0n) is 11.7. The summed E-state index contributed by atoms with van der Waals surface area (Å²) in [5, 5.41) is 23.3. The number of nitrogens with one attached hydrogen (secondary N) is 1. The minimum absolute atomic E-state index is 0.0759. The van der Waals surface area contributed by atoms with Gasteiger partial charge in [0.15, 0.2) is 0 Å². The van der Waals surface area contributed by atoms with E-state index in [-0.39, 0.29) is 11.7 Å². The van der Waals surface area contributed by atoms with Crippen molar-refractivity contribution in [1.82, 2.24) is 20.2 Å². The van der Waals surface area contributed by atoms with E-state index in [9.17, 15) is 9.90 Å². The molecule has 1 atom stereocenters. The minimum atomic E-state index is -1.04. The van der Waals surface area contributed by atoms with Crippen molar-refractivity contribution in [3.05, 3.63) is 59.1 Å². The Bertz CT molecular complexity index is 900. The summed E-state index contributed by atoms with van der Waals surface area (Å²) in [5.74, 6) is -0.714. The third-order valence-corrected chi connectivity index (χ3v) is 4.74. The molecule has 1 aliphatic rings. The van der Waals surface area contributed by atoms with Crippen molar-refractivity contribution in [3.63, 3.8) is 0 Å². The quantitative estimate of drug-likeness (QED) is 0.768. The molecule has 1 unspecified atom stereocenters. The van der Waals surface area contributed by atoms with Gasteiger partial charge in [-0.25, -0.2) is 4.79 Å². The van der Waals surface area contributed by atoms with E-state index in [1.807, 2.05) is 42.5 Å². The van der Waals surface area contributed by atoms with Gasteiger partial charge >= 0.3 is 5.97 Å². The van der Waals surface area contributed by atoms with Gasteiger partial charge < -0.3 is 10.4 Å². The van der Waals surface area contributed by atoms with Gasteiger partial charge in [-0.15, -0.1) is 11.3 Å². The normalized spacial score (nSPS) is 16.3. The predicted molar refractivity (Wildman–Crippen MR) is 85.1 cm³/mol. The van der Waals surface area contributed by atoms with Gasteiger partial charge in [0.2, 0.25) is 5.95 Å². The van der Waals surface area contributed by atoms with Gasteiger partial charge in [-0.1, -0.05) is 35.4 Å². The molecular formula is C15H11N5O2S. The average molecular weight is 325 g/mol. The van der Waals surface area contributed by atoms with E-state index in [0.717, 1.165) is 15.3 Å². The smallest absolute Gasteiger partial charge is 0.352 e. The first kappa shape index (κ1) is 13.6. The monoisotopic (exact) mass is 325 g/mol. The molecule has 0 spiro atoms. The molecule has 1 aromatic carbocycles. The van der Waals surface area contributed by atoms with E-state index in [2.05, 4.69) is 20.8 Å². The Morgan fingerprint density at radius 3 is 2.83 bits per heavy atom. The number of carboxylic acid groups (broad SMARTS) is 1. The van der Waals surface area contributed by atoms with Gasteiger partial charge in [0.1, 0.15) is 11.7 Å². The largest absolute Gasteiger partial charge is 0.477 e. The summed E-state index contributed by atoms with van der Waals surface area (Å²) in [6.07, 6.45) is 1.62. The van der Waals surface area contributed by atoms with Crippen molar-refractivity contribution in [2.45, 2.75) is 6.04 Å². The van der Waals surface area contributed by atoms with Crippen LogP contribution in [-0.2, 0) is 4.79 Å². The van der Waals surface area contributed by atoms with Crippen LogP contribution in [0.15, 0.2) is 54.2 Å². The molecule has 3 aromatic rings. The highest BCUT2D eigenvalue weighted by atomic mass is 32.1. The number of aromatic nitrogens is 4. The summed E-state index contributed by atoms with van der Waals surface area (Å²) in [7, 11) is 0. The number of fused-ring (bicyclic) bond motifs is 1. The maximum absolute atomic E-state index is 11.3. The Labute approximate surface area is 134 Å². The van der Waals surface area contributed by atoms with E-state index >= 15 is 0 Å². The third kappa shape index (κ3) is 2.38. The average Bonchev–Trinajstić information content (AvgIpc) is 3.24. The minimum Gasteiger partial charge on any atom is -0.477 e. The summed E-state index contributed by atoms with van der Waals surface area (Å²) in [5.41, 5.74) is 1.20. The fraction of sp³-hybridized carbons (Fsp3) is 0.0667. The Kier molecular flexibility index (Phi) is 3.16. The lowest BCUT2D eigenvalue weighted by Crippen LogP contribution is -2.23. The third-order valence-electron chi connectivity index (χ3n) is 3.53. The zero-order valence-corrected chi connectivity index (χ0v) is 12.6. The van der Waals surface area contributed by atoms with E-state index in [4.69, 9.17) is 0 Å². The number of carbonyl (C=O) groups is 1.